The highest BCUT2D eigenvalue weighted by atomic mass is 35.5. The molecule has 9 heteroatoms. The molecule has 2 aliphatic rings. The smallest absolute Gasteiger partial charge is 0.257 e. The topological polar surface area (TPSA) is 86.1 Å². The number of ether oxygens (including phenoxy) is 2. The first-order valence-corrected chi connectivity index (χ1v) is 9.78. The molecule has 0 radical (unpaired) electrons. The second-order valence-electron chi connectivity index (χ2n) is 7.27. The molecule has 0 spiro atoms. The number of hydrogen-bond donors (Lipinski definition) is 2. The molecule has 3 atom stereocenters. The number of fused-ring (bicyclic) bond motifs is 3. The van der Waals surface area contributed by atoms with E-state index >= 15 is 0 Å². The lowest BCUT2D eigenvalue weighted by molar-refractivity contribution is 0.00288. The van der Waals surface area contributed by atoms with E-state index in [2.05, 4.69) is 39.1 Å². The van der Waals surface area contributed by atoms with Gasteiger partial charge in [0.2, 0.25) is 5.95 Å². The third kappa shape index (κ3) is 3.82. The predicted octanol–water partition coefficient (Wildman–Crippen LogP) is 3.70. The zero-order valence-electron chi connectivity index (χ0n) is 15.8. The van der Waals surface area contributed by atoms with Crippen LogP contribution in [-0.2, 0) is 4.74 Å². The van der Waals surface area contributed by atoms with Gasteiger partial charge in [-0.05, 0) is 33.6 Å². The van der Waals surface area contributed by atoms with Gasteiger partial charge in [0.25, 0.3) is 5.88 Å². The molecule has 2 N–H and O–H groups in total. The fourth-order valence-corrected chi connectivity index (χ4v) is 3.71. The van der Waals surface area contributed by atoms with E-state index in [9.17, 15) is 0 Å². The number of rotatable bonds is 1. The van der Waals surface area contributed by atoms with Gasteiger partial charge in [0.15, 0.2) is 5.82 Å². The lowest BCUT2D eigenvalue weighted by atomic mass is 10.0. The third-order valence-corrected chi connectivity index (χ3v) is 5.35. The zero-order valence-corrected chi connectivity index (χ0v) is 16.6. The van der Waals surface area contributed by atoms with Crippen LogP contribution in [0.2, 0.25) is 5.02 Å². The summed E-state index contributed by atoms with van der Waals surface area (Å²) in [6, 6.07) is 0.452. The second-order valence-corrected chi connectivity index (χ2v) is 7.67. The number of hydrogen-bond acceptors (Lipinski definition) is 7. The van der Waals surface area contributed by atoms with Gasteiger partial charge in [-0.1, -0.05) is 11.6 Å². The summed E-state index contributed by atoms with van der Waals surface area (Å²) in [5.74, 6) is 1.66. The maximum atomic E-state index is 6.23. The summed E-state index contributed by atoms with van der Waals surface area (Å²) in [4.78, 5) is 8.83. The third-order valence-electron chi connectivity index (χ3n) is 5.07. The van der Waals surface area contributed by atoms with Gasteiger partial charge in [-0.25, -0.2) is 4.98 Å². The molecular formula is C18H25ClN6O2. The molecule has 0 aliphatic carbocycles. The Morgan fingerprint density at radius 2 is 2.11 bits per heavy atom. The van der Waals surface area contributed by atoms with E-state index in [-0.39, 0.29) is 12.1 Å². The van der Waals surface area contributed by atoms with Crippen LogP contribution >= 0.6 is 11.6 Å². The Morgan fingerprint density at radius 1 is 1.26 bits per heavy atom. The Bertz CT molecular complexity index is 826. The molecule has 1 fully saturated rings. The molecule has 0 amide bonds. The molecule has 2 bridgehead atoms. The molecule has 3 unspecified atom stereocenters. The van der Waals surface area contributed by atoms with Crippen molar-refractivity contribution in [2.45, 2.75) is 58.2 Å². The molecule has 2 aromatic rings. The van der Waals surface area contributed by atoms with Gasteiger partial charge in [-0.2, -0.15) is 4.98 Å². The minimum absolute atomic E-state index is 0.159. The van der Waals surface area contributed by atoms with E-state index < -0.39 is 0 Å². The van der Waals surface area contributed by atoms with Gasteiger partial charge in [-0.3, -0.25) is 4.68 Å². The van der Waals surface area contributed by atoms with E-state index in [0.717, 1.165) is 37.3 Å². The van der Waals surface area contributed by atoms with E-state index in [1.807, 2.05) is 6.92 Å². The minimum Gasteiger partial charge on any atom is -0.475 e. The van der Waals surface area contributed by atoms with Crippen molar-refractivity contribution in [3.8, 4) is 5.88 Å². The van der Waals surface area contributed by atoms with Gasteiger partial charge in [0.1, 0.15) is 10.7 Å². The fourth-order valence-electron chi connectivity index (χ4n) is 3.57. The Kier molecular flexibility index (Phi) is 5.10. The van der Waals surface area contributed by atoms with Gasteiger partial charge >= 0.3 is 0 Å². The van der Waals surface area contributed by atoms with E-state index in [0.29, 0.717) is 35.3 Å². The normalized spacial score (nSPS) is 25.4. The Balaban J connectivity index is 1.71. The highest BCUT2D eigenvalue weighted by Gasteiger charge is 2.27. The van der Waals surface area contributed by atoms with Crippen molar-refractivity contribution in [3.05, 3.63) is 16.9 Å². The van der Waals surface area contributed by atoms with Crippen LogP contribution in [0.25, 0.3) is 0 Å². The number of halogens is 1. The monoisotopic (exact) mass is 392 g/mol. The Hall–Kier alpha value is -2.06. The van der Waals surface area contributed by atoms with Crippen LogP contribution in [0.5, 0.6) is 5.88 Å². The van der Waals surface area contributed by atoms with Crippen LogP contribution in [0.4, 0.5) is 17.5 Å². The molecule has 27 heavy (non-hydrogen) atoms. The quantitative estimate of drug-likeness (QED) is 0.765. The van der Waals surface area contributed by atoms with Gasteiger partial charge in [0, 0.05) is 19.1 Å². The van der Waals surface area contributed by atoms with Crippen molar-refractivity contribution in [2.24, 2.45) is 0 Å². The first-order valence-electron chi connectivity index (χ1n) is 9.41. The Labute approximate surface area is 163 Å². The van der Waals surface area contributed by atoms with Crippen LogP contribution in [-0.4, -0.2) is 45.1 Å². The number of nitrogens with zero attached hydrogens (tertiary/aromatic N) is 4. The summed E-state index contributed by atoms with van der Waals surface area (Å²) in [6.07, 6.45) is 4.51. The molecule has 2 aliphatic heterocycles. The van der Waals surface area contributed by atoms with E-state index in [4.69, 9.17) is 26.2 Å². The van der Waals surface area contributed by atoms with Crippen LogP contribution < -0.4 is 15.4 Å². The van der Waals surface area contributed by atoms with Crippen LogP contribution in [0.1, 0.15) is 44.8 Å². The molecular weight excluding hydrogens is 368 g/mol. The summed E-state index contributed by atoms with van der Waals surface area (Å²) < 4.78 is 13.8. The van der Waals surface area contributed by atoms with Crippen molar-refractivity contribution >= 4 is 29.1 Å². The van der Waals surface area contributed by atoms with Gasteiger partial charge < -0.3 is 20.1 Å². The number of nitrogens with one attached hydrogen (secondary N) is 2. The average molecular weight is 393 g/mol. The largest absolute Gasteiger partial charge is 0.475 e. The molecule has 0 saturated carbocycles. The highest BCUT2D eigenvalue weighted by Crippen LogP contribution is 2.36. The second kappa shape index (κ2) is 7.52. The molecule has 8 nitrogen and oxygen atoms in total. The molecule has 2 aromatic heterocycles. The zero-order chi connectivity index (χ0) is 19.0. The van der Waals surface area contributed by atoms with Crippen molar-refractivity contribution < 1.29 is 9.47 Å². The van der Waals surface area contributed by atoms with Crippen LogP contribution in [0.15, 0.2) is 6.20 Å². The summed E-state index contributed by atoms with van der Waals surface area (Å²) in [5, 5.41) is 11.9. The predicted molar refractivity (Wildman–Crippen MR) is 104 cm³/mol. The molecule has 1 saturated heterocycles. The SMILES string of the molecule is Cc1c2c(nn1C1CCOC(C)C1)OCCC(C)Nc1nc(ncc1Cl)N2. The van der Waals surface area contributed by atoms with Crippen LogP contribution in [0, 0.1) is 6.92 Å². The van der Waals surface area contributed by atoms with Crippen molar-refractivity contribution in [3.63, 3.8) is 0 Å². The maximum Gasteiger partial charge on any atom is 0.257 e. The Morgan fingerprint density at radius 3 is 2.93 bits per heavy atom. The number of anilines is 3. The summed E-state index contributed by atoms with van der Waals surface area (Å²) in [5.41, 5.74) is 1.81. The number of aromatic nitrogens is 4. The fraction of sp³-hybridized carbons (Fsp3) is 0.611. The highest BCUT2D eigenvalue weighted by molar-refractivity contribution is 6.32. The molecule has 4 heterocycles. The first-order chi connectivity index (χ1) is 13.0. The average Bonchev–Trinajstić information content (AvgIpc) is 2.92. The van der Waals surface area contributed by atoms with Crippen molar-refractivity contribution in [1.82, 2.24) is 19.7 Å². The van der Waals surface area contributed by atoms with E-state index in [1.54, 1.807) is 6.20 Å². The lowest BCUT2D eigenvalue weighted by Crippen LogP contribution is -2.26. The summed E-state index contributed by atoms with van der Waals surface area (Å²) in [7, 11) is 0. The van der Waals surface area contributed by atoms with Crippen LogP contribution in [0.3, 0.4) is 0 Å². The maximum absolute atomic E-state index is 6.23. The summed E-state index contributed by atoms with van der Waals surface area (Å²) in [6.45, 7) is 7.51. The van der Waals surface area contributed by atoms with Gasteiger partial charge in [0.05, 0.1) is 30.6 Å². The molecule has 146 valence electrons. The first kappa shape index (κ1) is 18.3. The molecule has 0 aromatic carbocycles. The molecule has 4 rings (SSSR count). The van der Waals surface area contributed by atoms with Gasteiger partial charge in [-0.15, -0.1) is 5.10 Å². The lowest BCUT2D eigenvalue weighted by Gasteiger charge is -2.28. The van der Waals surface area contributed by atoms with E-state index in [1.165, 1.54) is 0 Å². The summed E-state index contributed by atoms with van der Waals surface area (Å²) >= 11 is 6.23. The van der Waals surface area contributed by atoms with Crippen molar-refractivity contribution in [2.75, 3.05) is 23.8 Å². The van der Waals surface area contributed by atoms with Crippen molar-refractivity contribution in [1.29, 1.82) is 0 Å². The minimum atomic E-state index is 0.159. The standard InChI is InChI=1S/C18H25ClN6O2/c1-10-4-6-27-17-15(22-18-20-9-14(19)16(21-10)23-18)12(3)25(24-17)13-5-7-26-11(2)8-13/h9-11,13H,4-8H2,1-3H3,(H2,20,21,22,23).